The van der Waals surface area contributed by atoms with Crippen molar-refractivity contribution >= 4 is 16.8 Å². The molecule has 0 radical (unpaired) electrons. The summed E-state index contributed by atoms with van der Waals surface area (Å²) >= 11 is 0. The maximum Gasteiger partial charge on any atom is 0.251 e. The van der Waals surface area contributed by atoms with Gasteiger partial charge in [-0.3, -0.25) is 4.79 Å². The lowest BCUT2D eigenvalue weighted by Crippen LogP contribution is -2.27. The van der Waals surface area contributed by atoms with Gasteiger partial charge in [0.1, 0.15) is 5.75 Å². The molecular formula is C21H24N2O2. The molecule has 1 heterocycles. The van der Waals surface area contributed by atoms with Crippen LogP contribution >= 0.6 is 0 Å². The van der Waals surface area contributed by atoms with Gasteiger partial charge in [0.15, 0.2) is 0 Å². The molecule has 4 heteroatoms. The number of amides is 1. The van der Waals surface area contributed by atoms with Crippen LogP contribution in [0.2, 0.25) is 0 Å². The fraction of sp³-hybridized carbons (Fsp3) is 0.286. The summed E-state index contributed by atoms with van der Waals surface area (Å²) in [4.78, 5) is 12.2. The van der Waals surface area contributed by atoms with Gasteiger partial charge in [0, 0.05) is 30.4 Å². The summed E-state index contributed by atoms with van der Waals surface area (Å²) in [7, 11) is 0. The number of aromatic nitrogens is 1. The van der Waals surface area contributed by atoms with Gasteiger partial charge in [0.05, 0.1) is 6.61 Å². The minimum absolute atomic E-state index is 0.0587. The van der Waals surface area contributed by atoms with Crippen LogP contribution in [0.5, 0.6) is 5.75 Å². The van der Waals surface area contributed by atoms with Gasteiger partial charge in [-0.15, -0.1) is 0 Å². The molecule has 130 valence electrons. The van der Waals surface area contributed by atoms with E-state index in [9.17, 15) is 4.79 Å². The average Bonchev–Trinajstić information content (AvgIpc) is 3.06. The maximum absolute atomic E-state index is 12.2. The third kappa shape index (κ3) is 4.41. The molecule has 1 aromatic heterocycles. The summed E-state index contributed by atoms with van der Waals surface area (Å²) in [6, 6.07) is 17.7. The Morgan fingerprint density at radius 2 is 1.88 bits per heavy atom. The molecule has 0 fully saturated rings. The van der Waals surface area contributed by atoms with Gasteiger partial charge < -0.3 is 14.6 Å². The highest BCUT2D eigenvalue weighted by Crippen LogP contribution is 2.15. The van der Waals surface area contributed by atoms with Gasteiger partial charge in [0.25, 0.3) is 5.91 Å². The molecule has 0 aliphatic carbocycles. The van der Waals surface area contributed by atoms with Crippen molar-refractivity contribution in [3.63, 3.8) is 0 Å². The maximum atomic E-state index is 12.2. The molecule has 25 heavy (non-hydrogen) atoms. The number of hydrogen-bond donors (Lipinski definition) is 1. The van der Waals surface area contributed by atoms with Gasteiger partial charge in [0.2, 0.25) is 0 Å². The first kappa shape index (κ1) is 17.1. The lowest BCUT2D eigenvalue weighted by molar-refractivity contribution is 0.0952. The normalized spacial score (nSPS) is 10.8. The number of benzene rings is 2. The Bertz CT molecular complexity index is 821. The van der Waals surface area contributed by atoms with E-state index in [1.165, 1.54) is 10.9 Å². The van der Waals surface area contributed by atoms with Crippen molar-refractivity contribution in [2.45, 2.75) is 26.3 Å². The molecule has 0 aliphatic rings. The Labute approximate surface area is 148 Å². The van der Waals surface area contributed by atoms with Crippen LogP contribution in [-0.2, 0) is 6.54 Å². The lowest BCUT2D eigenvalue weighted by Gasteiger charge is -2.09. The molecule has 0 aliphatic heterocycles. The molecule has 2 aromatic carbocycles. The molecular weight excluding hydrogens is 312 g/mol. The van der Waals surface area contributed by atoms with Crippen molar-refractivity contribution in [3.05, 3.63) is 66.4 Å². The van der Waals surface area contributed by atoms with Crippen molar-refractivity contribution in [1.29, 1.82) is 0 Å². The van der Waals surface area contributed by atoms with Crippen LogP contribution < -0.4 is 10.1 Å². The van der Waals surface area contributed by atoms with Crippen molar-refractivity contribution in [2.24, 2.45) is 0 Å². The number of carbonyl (C=O) groups is 1. The average molecular weight is 336 g/mol. The number of nitrogens with zero attached hydrogens (tertiary/aromatic N) is 1. The number of ether oxygens (including phenoxy) is 1. The smallest absolute Gasteiger partial charge is 0.251 e. The Hall–Kier alpha value is -2.75. The van der Waals surface area contributed by atoms with Crippen LogP contribution in [0, 0.1) is 0 Å². The van der Waals surface area contributed by atoms with E-state index in [1.54, 1.807) is 0 Å². The summed E-state index contributed by atoms with van der Waals surface area (Å²) < 4.78 is 7.77. The topological polar surface area (TPSA) is 43.3 Å². The fourth-order valence-corrected chi connectivity index (χ4v) is 2.76. The quantitative estimate of drug-likeness (QED) is 0.625. The van der Waals surface area contributed by atoms with Gasteiger partial charge in [-0.1, -0.05) is 31.5 Å². The zero-order valence-electron chi connectivity index (χ0n) is 14.6. The molecule has 3 rings (SSSR count). The summed E-state index contributed by atoms with van der Waals surface area (Å²) in [5.41, 5.74) is 1.84. The fourth-order valence-electron chi connectivity index (χ4n) is 2.76. The highest BCUT2D eigenvalue weighted by molar-refractivity contribution is 5.94. The van der Waals surface area contributed by atoms with Gasteiger partial charge in [-0.25, -0.2) is 0 Å². The number of rotatable bonds is 8. The highest BCUT2D eigenvalue weighted by Gasteiger charge is 2.06. The predicted octanol–water partition coefficient (Wildman–Crippen LogP) is 4.25. The van der Waals surface area contributed by atoms with Gasteiger partial charge >= 0.3 is 0 Å². The van der Waals surface area contributed by atoms with E-state index in [4.69, 9.17) is 4.74 Å². The van der Waals surface area contributed by atoms with Crippen LogP contribution in [-0.4, -0.2) is 23.6 Å². The van der Waals surface area contributed by atoms with Crippen LogP contribution in [0.3, 0.4) is 0 Å². The standard InChI is InChI=1S/C21H24N2O2/c1-2-3-16-25-19-10-8-18(9-11-19)21(24)22-13-15-23-14-12-17-6-4-5-7-20(17)23/h4-12,14H,2-3,13,15-16H2,1H3,(H,22,24). The Morgan fingerprint density at radius 3 is 2.68 bits per heavy atom. The van der Waals surface area contributed by atoms with E-state index in [0.717, 1.165) is 25.1 Å². The molecule has 1 N–H and O–H groups in total. The number of nitrogens with one attached hydrogen (secondary N) is 1. The molecule has 3 aromatic rings. The summed E-state index contributed by atoms with van der Waals surface area (Å²) in [6.45, 7) is 4.18. The number of unbranched alkanes of at least 4 members (excludes halogenated alkanes) is 1. The number of carbonyl (C=O) groups excluding carboxylic acids is 1. The molecule has 0 saturated heterocycles. The third-order valence-corrected chi connectivity index (χ3v) is 4.20. The Balaban J connectivity index is 1.50. The van der Waals surface area contributed by atoms with Crippen LogP contribution in [0.15, 0.2) is 60.8 Å². The Morgan fingerprint density at radius 1 is 1.08 bits per heavy atom. The van der Waals surface area contributed by atoms with Gasteiger partial charge in [-0.2, -0.15) is 0 Å². The second kappa shape index (κ2) is 8.38. The first-order chi connectivity index (χ1) is 12.3. The van der Waals surface area contributed by atoms with Crippen molar-refractivity contribution in [3.8, 4) is 5.75 Å². The largest absolute Gasteiger partial charge is 0.494 e. The number of hydrogen-bond acceptors (Lipinski definition) is 2. The zero-order chi connectivity index (χ0) is 17.5. The molecule has 4 nitrogen and oxygen atoms in total. The van der Waals surface area contributed by atoms with E-state index < -0.39 is 0 Å². The van der Waals surface area contributed by atoms with Crippen LogP contribution in [0.4, 0.5) is 0 Å². The van der Waals surface area contributed by atoms with E-state index in [1.807, 2.05) is 36.4 Å². The van der Waals surface area contributed by atoms with Crippen LogP contribution in [0.25, 0.3) is 10.9 Å². The van der Waals surface area contributed by atoms with Gasteiger partial charge in [-0.05, 0) is 48.2 Å². The minimum Gasteiger partial charge on any atom is -0.494 e. The first-order valence-corrected chi connectivity index (χ1v) is 8.83. The summed E-state index contributed by atoms with van der Waals surface area (Å²) in [5, 5.41) is 4.19. The van der Waals surface area contributed by atoms with E-state index >= 15 is 0 Å². The second-order valence-corrected chi connectivity index (χ2v) is 6.05. The number of fused-ring (bicyclic) bond motifs is 1. The SMILES string of the molecule is CCCCOc1ccc(C(=O)NCCn2ccc3ccccc32)cc1. The summed E-state index contributed by atoms with van der Waals surface area (Å²) in [6.07, 6.45) is 4.20. The molecule has 0 bridgehead atoms. The third-order valence-electron chi connectivity index (χ3n) is 4.20. The Kier molecular flexibility index (Phi) is 5.73. The molecule has 0 atom stereocenters. The lowest BCUT2D eigenvalue weighted by atomic mass is 10.2. The molecule has 0 saturated carbocycles. The second-order valence-electron chi connectivity index (χ2n) is 6.05. The highest BCUT2D eigenvalue weighted by atomic mass is 16.5. The minimum atomic E-state index is -0.0587. The van der Waals surface area contributed by atoms with E-state index in [2.05, 4.69) is 41.2 Å². The molecule has 0 spiro atoms. The summed E-state index contributed by atoms with van der Waals surface area (Å²) in [5.74, 6) is 0.750. The zero-order valence-corrected chi connectivity index (χ0v) is 14.6. The van der Waals surface area contributed by atoms with Crippen molar-refractivity contribution in [1.82, 2.24) is 9.88 Å². The van der Waals surface area contributed by atoms with E-state index in [-0.39, 0.29) is 5.91 Å². The molecule has 0 unspecified atom stereocenters. The predicted molar refractivity (Wildman–Crippen MR) is 101 cm³/mol. The monoisotopic (exact) mass is 336 g/mol. The van der Waals surface area contributed by atoms with Crippen LogP contribution in [0.1, 0.15) is 30.1 Å². The first-order valence-electron chi connectivity index (χ1n) is 8.83. The van der Waals surface area contributed by atoms with Crippen molar-refractivity contribution < 1.29 is 9.53 Å². The van der Waals surface area contributed by atoms with Crippen molar-refractivity contribution in [2.75, 3.05) is 13.2 Å². The van der Waals surface area contributed by atoms with E-state index in [0.29, 0.717) is 18.7 Å². The number of para-hydroxylation sites is 1. The molecule has 1 amide bonds.